The summed E-state index contributed by atoms with van der Waals surface area (Å²) >= 11 is 2.20. The Hall–Kier alpha value is -0.550. The van der Waals surface area contributed by atoms with Crippen LogP contribution in [0.3, 0.4) is 0 Å². The maximum atomic E-state index is 5.82. The number of ether oxygens (including phenoxy) is 1. The van der Waals surface area contributed by atoms with Crippen molar-refractivity contribution in [3.63, 3.8) is 0 Å². The number of nitrogens with zero attached hydrogens (tertiary/aromatic N) is 5. The quantitative estimate of drug-likeness (QED) is 0.364. The molecule has 2 saturated heterocycles. The van der Waals surface area contributed by atoms with Crippen molar-refractivity contribution in [3.8, 4) is 0 Å². The maximum absolute atomic E-state index is 5.82. The summed E-state index contributed by atoms with van der Waals surface area (Å²) in [6, 6.07) is 0. The van der Waals surface area contributed by atoms with E-state index in [0.29, 0.717) is 17.4 Å². The molecule has 29 heavy (non-hydrogen) atoms. The lowest BCUT2D eigenvalue weighted by Crippen LogP contribution is -2.54. The first kappa shape index (κ1) is 23.1. The minimum absolute atomic E-state index is 0. The zero-order chi connectivity index (χ0) is 19.4. The molecule has 3 fully saturated rings. The molecule has 3 aliphatic rings. The summed E-state index contributed by atoms with van der Waals surface area (Å²) in [6.45, 7) is 6.43. The van der Waals surface area contributed by atoms with Gasteiger partial charge in [0.05, 0.1) is 6.10 Å². The van der Waals surface area contributed by atoms with Crippen molar-refractivity contribution in [3.05, 3.63) is 11.6 Å². The van der Waals surface area contributed by atoms with Crippen LogP contribution in [0.2, 0.25) is 0 Å². The fourth-order valence-electron chi connectivity index (χ4n) is 4.54. The number of aromatic nitrogens is 3. The Kier molecular flexibility index (Phi) is 8.50. The maximum Gasteiger partial charge on any atom is 0.194 e. The molecular weight excluding hydrogens is 499 g/mol. The average Bonchev–Trinajstić information content (AvgIpc) is 3.34. The number of hydrogen-bond acceptors (Lipinski definition) is 5. The molecule has 1 atom stereocenters. The summed E-state index contributed by atoms with van der Waals surface area (Å²) in [5.41, 5.74) is 0. The van der Waals surface area contributed by atoms with Crippen LogP contribution < -0.4 is 5.32 Å². The van der Waals surface area contributed by atoms with E-state index in [-0.39, 0.29) is 24.0 Å². The van der Waals surface area contributed by atoms with Crippen molar-refractivity contribution in [2.24, 2.45) is 12.0 Å². The summed E-state index contributed by atoms with van der Waals surface area (Å²) in [5, 5.41) is 12.1. The molecule has 0 bridgehead atoms. The van der Waals surface area contributed by atoms with Crippen LogP contribution in [0.15, 0.2) is 4.99 Å². The Balaban J connectivity index is 0.00000240. The Labute approximate surface area is 195 Å². The SMILES string of the molecule is Cc1nnc(CN=C(NCC2CCCO2)N2CCSC3(CCCCC3)C2)n1C.I. The first-order valence-electron chi connectivity index (χ1n) is 10.8. The van der Waals surface area contributed by atoms with Gasteiger partial charge in [-0.05, 0) is 32.6 Å². The molecule has 164 valence electrons. The highest BCUT2D eigenvalue weighted by molar-refractivity contribution is 14.0. The second-order valence-electron chi connectivity index (χ2n) is 8.39. The molecule has 3 heterocycles. The van der Waals surface area contributed by atoms with Gasteiger partial charge in [-0.3, -0.25) is 0 Å². The first-order valence-corrected chi connectivity index (χ1v) is 11.8. The monoisotopic (exact) mass is 534 g/mol. The Morgan fingerprint density at radius 3 is 2.79 bits per heavy atom. The molecule has 1 aliphatic carbocycles. The van der Waals surface area contributed by atoms with Gasteiger partial charge in [-0.2, -0.15) is 11.8 Å². The standard InChI is InChI=1S/C20H34N6OS.HI/c1-16-23-24-18(25(16)2)14-22-19(21-13-17-7-6-11-27-17)26-10-12-28-20(15-26)8-4-3-5-9-20;/h17H,3-15H2,1-2H3,(H,21,22);1H. The Bertz CT molecular complexity index is 679. The van der Waals surface area contributed by atoms with Crippen LogP contribution >= 0.6 is 35.7 Å². The Morgan fingerprint density at radius 2 is 2.10 bits per heavy atom. The fourth-order valence-corrected chi connectivity index (χ4v) is 6.11. The minimum atomic E-state index is 0. The van der Waals surface area contributed by atoms with Gasteiger partial charge in [-0.25, -0.2) is 4.99 Å². The number of hydrogen-bond donors (Lipinski definition) is 1. The van der Waals surface area contributed by atoms with Gasteiger partial charge in [0.1, 0.15) is 12.4 Å². The highest BCUT2D eigenvalue weighted by atomic mass is 127. The van der Waals surface area contributed by atoms with Gasteiger partial charge in [0.2, 0.25) is 0 Å². The number of thioether (sulfide) groups is 1. The normalized spacial score (nSPS) is 24.6. The zero-order valence-electron chi connectivity index (χ0n) is 17.7. The van der Waals surface area contributed by atoms with Crippen molar-refractivity contribution in [1.82, 2.24) is 25.0 Å². The van der Waals surface area contributed by atoms with Gasteiger partial charge in [-0.15, -0.1) is 34.2 Å². The molecular formula is C20H35IN6OS. The topological polar surface area (TPSA) is 67.6 Å². The highest BCUT2D eigenvalue weighted by Crippen LogP contribution is 2.42. The lowest BCUT2D eigenvalue weighted by molar-refractivity contribution is 0.113. The van der Waals surface area contributed by atoms with Gasteiger partial charge < -0.3 is 19.5 Å². The van der Waals surface area contributed by atoms with Gasteiger partial charge in [0.25, 0.3) is 0 Å². The third-order valence-electron chi connectivity index (χ3n) is 6.38. The van der Waals surface area contributed by atoms with Gasteiger partial charge in [0.15, 0.2) is 11.8 Å². The van der Waals surface area contributed by atoms with Gasteiger partial charge >= 0.3 is 0 Å². The Morgan fingerprint density at radius 1 is 1.28 bits per heavy atom. The van der Waals surface area contributed by atoms with Crippen molar-refractivity contribution in [1.29, 1.82) is 0 Å². The lowest BCUT2D eigenvalue weighted by atomic mass is 9.87. The summed E-state index contributed by atoms with van der Waals surface area (Å²) in [4.78, 5) is 7.46. The van der Waals surface area contributed by atoms with E-state index in [1.54, 1.807) is 0 Å². The molecule has 0 aromatic carbocycles. The van der Waals surface area contributed by atoms with Crippen LogP contribution in [0, 0.1) is 6.92 Å². The number of aryl methyl sites for hydroxylation is 1. The highest BCUT2D eigenvalue weighted by Gasteiger charge is 2.38. The predicted molar refractivity (Wildman–Crippen MR) is 129 cm³/mol. The molecule has 1 aromatic rings. The third kappa shape index (κ3) is 5.78. The molecule has 0 amide bonds. The molecule has 1 aromatic heterocycles. The van der Waals surface area contributed by atoms with Crippen LogP contribution in [-0.2, 0) is 18.3 Å². The van der Waals surface area contributed by atoms with Crippen LogP contribution in [0.5, 0.6) is 0 Å². The molecule has 4 rings (SSSR count). The molecule has 2 aliphatic heterocycles. The second kappa shape index (κ2) is 10.7. The predicted octanol–water partition coefficient (Wildman–Crippen LogP) is 3.12. The van der Waals surface area contributed by atoms with Crippen molar-refractivity contribution >= 4 is 41.7 Å². The van der Waals surface area contributed by atoms with Crippen molar-refractivity contribution in [2.75, 3.05) is 32.0 Å². The van der Waals surface area contributed by atoms with E-state index in [0.717, 1.165) is 50.3 Å². The number of aliphatic imine (C=N–C) groups is 1. The minimum Gasteiger partial charge on any atom is -0.376 e. The van der Waals surface area contributed by atoms with E-state index in [1.807, 2.05) is 18.5 Å². The smallest absolute Gasteiger partial charge is 0.194 e. The number of guanidine groups is 1. The van der Waals surface area contributed by atoms with E-state index in [2.05, 4.69) is 32.2 Å². The van der Waals surface area contributed by atoms with Gasteiger partial charge in [-0.1, -0.05) is 19.3 Å². The van der Waals surface area contributed by atoms with Crippen LogP contribution in [0.4, 0.5) is 0 Å². The summed E-state index contributed by atoms with van der Waals surface area (Å²) in [7, 11) is 2.01. The van der Waals surface area contributed by atoms with E-state index in [4.69, 9.17) is 9.73 Å². The molecule has 0 radical (unpaired) electrons. The summed E-state index contributed by atoms with van der Waals surface area (Å²) < 4.78 is 8.26. The molecule has 1 saturated carbocycles. The first-order chi connectivity index (χ1) is 13.7. The van der Waals surface area contributed by atoms with E-state index in [1.165, 1.54) is 44.3 Å². The van der Waals surface area contributed by atoms with Crippen LogP contribution in [-0.4, -0.2) is 68.5 Å². The van der Waals surface area contributed by atoms with Gasteiger partial charge in [0, 0.05) is 43.8 Å². The lowest BCUT2D eigenvalue weighted by Gasteiger charge is -2.45. The molecule has 7 nitrogen and oxygen atoms in total. The van der Waals surface area contributed by atoms with E-state index >= 15 is 0 Å². The molecule has 1 N–H and O–H groups in total. The number of nitrogens with one attached hydrogen (secondary N) is 1. The van der Waals surface area contributed by atoms with Crippen LogP contribution in [0.25, 0.3) is 0 Å². The molecule has 9 heteroatoms. The van der Waals surface area contributed by atoms with E-state index in [9.17, 15) is 0 Å². The zero-order valence-corrected chi connectivity index (χ0v) is 20.9. The molecule has 1 spiro atoms. The average molecular weight is 535 g/mol. The largest absolute Gasteiger partial charge is 0.376 e. The fraction of sp³-hybridized carbons (Fsp3) is 0.850. The summed E-state index contributed by atoms with van der Waals surface area (Å²) in [5.74, 6) is 4.03. The third-order valence-corrected chi connectivity index (χ3v) is 7.91. The molecule has 1 unspecified atom stereocenters. The van der Waals surface area contributed by atoms with Crippen molar-refractivity contribution in [2.45, 2.75) is 69.3 Å². The summed E-state index contributed by atoms with van der Waals surface area (Å²) in [6.07, 6.45) is 9.44. The van der Waals surface area contributed by atoms with Crippen LogP contribution in [0.1, 0.15) is 56.6 Å². The van der Waals surface area contributed by atoms with E-state index < -0.39 is 0 Å². The van der Waals surface area contributed by atoms with Crippen molar-refractivity contribution < 1.29 is 4.74 Å². The second-order valence-corrected chi connectivity index (χ2v) is 9.95. The number of halogens is 1. The number of rotatable bonds is 4.